The second-order valence-electron chi connectivity index (χ2n) is 7.93. The molecule has 0 spiro atoms. The highest BCUT2D eigenvalue weighted by Gasteiger charge is 2.24. The molecule has 34 heavy (non-hydrogen) atoms. The summed E-state index contributed by atoms with van der Waals surface area (Å²) in [5.74, 6) is 1.49. The van der Waals surface area contributed by atoms with Crippen LogP contribution >= 0.6 is 0 Å². The first-order chi connectivity index (χ1) is 16.6. The summed E-state index contributed by atoms with van der Waals surface area (Å²) in [6.45, 7) is 1.73. The van der Waals surface area contributed by atoms with Gasteiger partial charge in [0.15, 0.2) is 0 Å². The van der Waals surface area contributed by atoms with Crippen LogP contribution in [-0.4, -0.2) is 42.5 Å². The molecule has 0 unspecified atom stereocenters. The monoisotopic (exact) mass is 458 g/mol. The highest BCUT2D eigenvalue weighted by atomic mass is 16.6. The third kappa shape index (κ3) is 5.26. The number of nitrogens with zero attached hydrogens (tertiary/aromatic N) is 2. The largest absolute Gasteiger partial charge is 0.497 e. The molecule has 174 valence electrons. The van der Waals surface area contributed by atoms with E-state index in [0.29, 0.717) is 53.3 Å². The molecule has 3 aromatic rings. The van der Waals surface area contributed by atoms with E-state index in [1.807, 2.05) is 35.2 Å². The van der Waals surface area contributed by atoms with Crippen LogP contribution in [0.2, 0.25) is 0 Å². The second kappa shape index (κ2) is 10.7. The molecule has 7 nitrogen and oxygen atoms in total. The summed E-state index contributed by atoms with van der Waals surface area (Å²) in [4.78, 5) is 25.5. The molecule has 0 atom stereocenters. The number of carbonyl (C=O) groups is 1. The number of hydrogen-bond donors (Lipinski definition) is 0. The van der Waals surface area contributed by atoms with Crippen LogP contribution in [0.1, 0.15) is 29.5 Å². The standard InChI is InChI=1S/C27H26N2O5/c1-33-23-13-9-20(10-14-23)26(27(29(31)32)22-6-3-2-4-7-22)21-11-15-24(16-12-21)34-19-18-28-17-5-8-25(28)30/h2-4,6-7,9-16H,5,8,17-19H2,1H3. The third-order valence-electron chi connectivity index (χ3n) is 5.79. The van der Waals surface area contributed by atoms with E-state index >= 15 is 0 Å². The van der Waals surface area contributed by atoms with Crippen LogP contribution in [0.25, 0.3) is 11.3 Å². The molecule has 0 aliphatic carbocycles. The quantitative estimate of drug-likeness (QED) is 0.259. The van der Waals surface area contributed by atoms with Crippen LogP contribution in [-0.2, 0) is 4.79 Å². The summed E-state index contributed by atoms with van der Waals surface area (Å²) < 4.78 is 11.1. The number of nitro groups is 1. The molecular formula is C27H26N2O5. The maximum atomic E-state index is 12.2. The second-order valence-corrected chi connectivity index (χ2v) is 7.93. The van der Waals surface area contributed by atoms with Crippen LogP contribution in [0.3, 0.4) is 0 Å². The Morgan fingerprint density at radius 3 is 2.06 bits per heavy atom. The van der Waals surface area contributed by atoms with Gasteiger partial charge in [0.05, 0.1) is 29.7 Å². The van der Waals surface area contributed by atoms with E-state index in [4.69, 9.17) is 9.47 Å². The van der Waals surface area contributed by atoms with Crippen molar-refractivity contribution >= 4 is 17.2 Å². The fourth-order valence-corrected chi connectivity index (χ4v) is 4.07. The number of ether oxygens (including phenoxy) is 2. The van der Waals surface area contributed by atoms with E-state index in [0.717, 1.165) is 13.0 Å². The van der Waals surface area contributed by atoms with E-state index in [9.17, 15) is 14.9 Å². The smallest absolute Gasteiger partial charge is 0.284 e. The SMILES string of the molecule is COc1ccc(C(=C(c2ccccc2)[N+](=O)[O-])c2ccc(OCCN3CCCC3=O)cc2)cc1. The Morgan fingerprint density at radius 1 is 0.912 bits per heavy atom. The van der Waals surface area contributed by atoms with Crippen molar-refractivity contribution < 1.29 is 19.2 Å². The van der Waals surface area contributed by atoms with Crippen LogP contribution in [0.15, 0.2) is 78.9 Å². The predicted molar refractivity (Wildman–Crippen MR) is 130 cm³/mol. The minimum atomic E-state index is -0.341. The first kappa shape index (κ1) is 23.0. The predicted octanol–water partition coefficient (Wildman–Crippen LogP) is 4.89. The van der Waals surface area contributed by atoms with Crippen LogP contribution in [0.4, 0.5) is 0 Å². The molecular weight excluding hydrogens is 432 g/mol. The van der Waals surface area contributed by atoms with Crippen LogP contribution in [0, 0.1) is 10.1 Å². The van der Waals surface area contributed by atoms with E-state index in [1.165, 1.54) is 0 Å². The Balaban J connectivity index is 1.66. The van der Waals surface area contributed by atoms with Gasteiger partial charge in [-0.2, -0.15) is 0 Å². The summed E-state index contributed by atoms with van der Waals surface area (Å²) >= 11 is 0. The Kier molecular flexibility index (Phi) is 7.22. The number of amides is 1. The molecule has 1 fully saturated rings. The lowest BCUT2D eigenvalue weighted by Gasteiger charge is -2.16. The lowest BCUT2D eigenvalue weighted by Crippen LogP contribution is -2.29. The van der Waals surface area contributed by atoms with Crippen molar-refractivity contribution in [3.63, 3.8) is 0 Å². The summed E-state index contributed by atoms with van der Waals surface area (Å²) in [5.41, 5.74) is 2.45. The molecule has 0 radical (unpaired) electrons. The summed E-state index contributed by atoms with van der Waals surface area (Å²) in [6, 6.07) is 23.3. The topological polar surface area (TPSA) is 81.9 Å². The first-order valence-corrected chi connectivity index (χ1v) is 11.2. The van der Waals surface area contributed by atoms with Gasteiger partial charge in [-0.25, -0.2) is 0 Å². The fourth-order valence-electron chi connectivity index (χ4n) is 4.07. The van der Waals surface area contributed by atoms with Gasteiger partial charge in [-0.1, -0.05) is 42.5 Å². The van der Waals surface area contributed by atoms with Crippen LogP contribution in [0.5, 0.6) is 11.5 Å². The molecule has 1 saturated heterocycles. The summed E-state index contributed by atoms with van der Waals surface area (Å²) in [5, 5.41) is 12.2. The van der Waals surface area contributed by atoms with Gasteiger partial charge < -0.3 is 14.4 Å². The number of benzene rings is 3. The molecule has 1 aliphatic heterocycles. The molecule has 3 aromatic carbocycles. The Labute approximate surface area is 198 Å². The minimum Gasteiger partial charge on any atom is -0.497 e. The Bertz CT molecular complexity index is 1170. The molecule has 1 heterocycles. The lowest BCUT2D eigenvalue weighted by atomic mass is 9.93. The zero-order chi connectivity index (χ0) is 23.9. The van der Waals surface area contributed by atoms with Gasteiger partial charge in [0.1, 0.15) is 18.1 Å². The molecule has 1 amide bonds. The normalized spacial score (nSPS) is 14.0. The van der Waals surface area contributed by atoms with Gasteiger partial charge in [0, 0.05) is 13.0 Å². The number of rotatable bonds is 9. The van der Waals surface area contributed by atoms with Crippen LogP contribution < -0.4 is 9.47 Å². The van der Waals surface area contributed by atoms with Gasteiger partial charge in [-0.15, -0.1) is 0 Å². The zero-order valence-corrected chi connectivity index (χ0v) is 19.0. The van der Waals surface area contributed by atoms with Crippen molar-refractivity contribution in [2.75, 3.05) is 26.8 Å². The van der Waals surface area contributed by atoms with E-state index in [-0.39, 0.29) is 16.5 Å². The fraction of sp³-hybridized carbons (Fsp3) is 0.222. The Morgan fingerprint density at radius 2 is 1.53 bits per heavy atom. The van der Waals surface area contributed by atoms with Crippen molar-refractivity contribution in [2.45, 2.75) is 12.8 Å². The summed E-state index contributed by atoms with van der Waals surface area (Å²) in [6.07, 6.45) is 1.50. The van der Waals surface area contributed by atoms with Gasteiger partial charge in [0.2, 0.25) is 5.91 Å². The number of methoxy groups -OCH3 is 1. The van der Waals surface area contributed by atoms with Crippen molar-refractivity contribution in [2.24, 2.45) is 0 Å². The maximum Gasteiger partial charge on any atom is 0.284 e. The minimum absolute atomic E-state index is 0.0204. The van der Waals surface area contributed by atoms with Gasteiger partial charge >= 0.3 is 0 Å². The first-order valence-electron chi connectivity index (χ1n) is 11.2. The van der Waals surface area contributed by atoms with Gasteiger partial charge in [-0.3, -0.25) is 14.9 Å². The molecule has 4 rings (SSSR count). The number of carbonyl (C=O) groups excluding carboxylic acids is 1. The lowest BCUT2D eigenvalue weighted by molar-refractivity contribution is -0.374. The van der Waals surface area contributed by atoms with Crippen molar-refractivity contribution in [1.29, 1.82) is 0 Å². The Hall–Kier alpha value is -4.13. The summed E-state index contributed by atoms with van der Waals surface area (Å²) in [7, 11) is 1.58. The third-order valence-corrected chi connectivity index (χ3v) is 5.79. The highest BCUT2D eigenvalue weighted by Crippen LogP contribution is 2.34. The van der Waals surface area contributed by atoms with E-state index in [2.05, 4.69) is 0 Å². The molecule has 7 heteroatoms. The van der Waals surface area contributed by atoms with E-state index < -0.39 is 0 Å². The van der Waals surface area contributed by atoms with Gasteiger partial charge in [-0.05, 0) is 53.9 Å². The average molecular weight is 459 g/mol. The van der Waals surface area contributed by atoms with Gasteiger partial charge in [0.25, 0.3) is 5.70 Å². The molecule has 0 bridgehead atoms. The van der Waals surface area contributed by atoms with E-state index in [1.54, 1.807) is 55.6 Å². The maximum absolute atomic E-state index is 12.2. The molecule has 0 aromatic heterocycles. The van der Waals surface area contributed by atoms with Crippen molar-refractivity contribution in [1.82, 2.24) is 4.90 Å². The zero-order valence-electron chi connectivity index (χ0n) is 19.0. The van der Waals surface area contributed by atoms with Crippen molar-refractivity contribution in [3.05, 3.63) is 106 Å². The molecule has 1 aliphatic rings. The average Bonchev–Trinajstić information content (AvgIpc) is 3.28. The highest BCUT2D eigenvalue weighted by molar-refractivity contribution is 5.95. The van der Waals surface area contributed by atoms with Crippen molar-refractivity contribution in [3.8, 4) is 11.5 Å². The molecule has 0 N–H and O–H groups in total. The number of hydrogen-bond acceptors (Lipinski definition) is 5. The molecule has 0 saturated carbocycles. The number of likely N-dealkylation sites (tertiary alicyclic amines) is 1.